The van der Waals surface area contributed by atoms with Crippen LogP contribution in [0.1, 0.15) is 17.0 Å². The maximum atomic E-state index is 12.7. The molecule has 152 valence electrons. The van der Waals surface area contributed by atoms with Crippen LogP contribution in [0.2, 0.25) is 0 Å². The third-order valence-electron chi connectivity index (χ3n) is 6.48. The summed E-state index contributed by atoms with van der Waals surface area (Å²) in [7, 11) is 0. The van der Waals surface area contributed by atoms with Gasteiger partial charge in [-0.25, -0.2) is 4.79 Å². The summed E-state index contributed by atoms with van der Waals surface area (Å²) in [6.07, 6.45) is 0. The van der Waals surface area contributed by atoms with Gasteiger partial charge < -0.3 is 10.2 Å². The fourth-order valence-electron chi connectivity index (χ4n) is 4.85. The Bertz CT molecular complexity index is 937. The van der Waals surface area contributed by atoms with Gasteiger partial charge in [-0.05, 0) is 23.3 Å². The molecule has 1 N–H and O–H groups in total. The van der Waals surface area contributed by atoms with Gasteiger partial charge >= 0.3 is 6.03 Å². The number of rotatable bonds is 5. The molecular weight excluding hydrogens is 370 g/mol. The van der Waals surface area contributed by atoms with E-state index in [1.54, 1.807) is 0 Å². The Hall–Kier alpha value is -3.11. The van der Waals surface area contributed by atoms with Crippen LogP contribution in [-0.4, -0.2) is 48.1 Å². The summed E-state index contributed by atoms with van der Waals surface area (Å²) >= 11 is 0. The predicted octanol–water partition coefficient (Wildman–Crippen LogP) is 4.67. The molecule has 5 rings (SSSR count). The fourth-order valence-corrected chi connectivity index (χ4v) is 4.85. The van der Waals surface area contributed by atoms with Crippen molar-refractivity contribution in [1.82, 2.24) is 9.80 Å². The summed E-state index contributed by atoms with van der Waals surface area (Å²) in [5.41, 5.74) is 3.56. The molecule has 0 spiro atoms. The van der Waals surface area contributed by atoms with Gasteiger partial charge in [0.05, 0.1) is 0 Å². The van der Waals surface area contributed by atoms with E-state index in [0.29, 0.717) is 17.9 Å². The second kappa shape index (κ2) is 8.33. The molecule has 2 aliphatic rings. The van der Waals surface area contributed by atoms with E-state index >= 15 is 0 Å². The smallest absolute Gasteiger partial charge is 0.321 e. The quantitative estimate of drug-likeness (QED) is 0.679. The number of benzene rings is 3. The monoisotopic (exact) mass is 397 g/mol. The van der Waals surface area contributed by atoms with E-state index in [-0.39, 0.29) is 6.03 Å². The molecule has 0 unspecified atom stereocenters. The van der Waals surface area contributed by atoms with Crippen LogP contribution in [0.5, 0.6) is 0 Å². The van der Waals surface area contributed by atoms with Crippen molar-refractivity contribution in [2.24, 2.45) is 5.92 Å². The van der Waals surface area contributed by atoms with Gasteiger partial charge in [-0.3, -0.25) is 4.90 Å². The lowest BCUT2D eigenvalue weighted by Crippen LogP contribution is -2.56. The maximum absolute atomic E-state index is 12.7. The van der Waals surface area contributed by atoms with Crippen molar-refractivity contribution < 1.29 is 4.79 Å². The Morgan fingerprint density at radius 3 is 1.97 bits per heavy atom. The number of anilines is 1. The first-order chi connectivity index (χ1) is 14.8. The number of hydrogen-bond acceptors (Lipinski definition) is 2. The second-order valence-corrected chi connectivity index (χ2v) is 8.36. The van der Waals surface area contributed by atoms with Crippen LogP contribution >= 0.6 is 0 Å². The molecule has 3 aromatic carbocycles. The highest BCUT2D eigenvalue weighted by Gasteiger charge is 2.47. The summed E-state index contributed by atoms with van der Waals surface area (Å²) in [5.74, 6) is 0.930. The number of fused-ring (bicyclic) bond motifs is 1. The Kier molecular flexibility index (Phi) is 5.24. The topological polar surface area (TPSA) is 35.6 Å². The average Bonchev–Trinajstić information content (AvgIpc) is 3.13. The van der Waals surface area contributed by atoms with Gasteiger partial charge in [0, 0.05) is 49.7 Å². The number of para-hydroxylation sites is 1. The van der Waals surface area contributed by atoms with E-state index < -0.39 is 0 Å². The van der Waals surface area contributed by atoms with Crippen molar-refractivity contribution in [3.63, 3.8) is 0 Å². The fraction of sp³-hybridized carbons (Fsp3) is 0.269. The summed E-state index contributed by atoms with van der Waals surface area (Å²) < 4.78 is 0. The minimum Gasteiger partial charge on any atom is -0.323 e. The lowest BCUT2D eigenvalue weighted by molar-refractivity contribution is 0.0485. The first-order valence-electron chi connectivity index (χ1n) is 10.7. The number of nitrogens with zero attached hydrogens (tertiary/aromatic N) is 2. The van der Waals surface area contributed by atoms with E-state index in [4.69, 9.17) is 0 Å². The Balaban J connectivity index is 1.26. The number of amides is 2. The third-order valence-corrected chi connectivity index (χ3v) is 6.48. The molecule has 2 heterocycles. The number of carbonyl (C=O) groups excluding carboxylic acids is 1. The highest BCUT2D eigenvalue weighted by atomic mass is 16.2. The molecule has 4 heteroatoms. The molecule has 0 bridgehead atoms. The number of hydrogen-bond donors (Lipinski definition) is 1. The molecule has 0 saturated carbocycles. The van der Waals surface area contributed by atoms with Gasteiger partial charge in [0.2, 0.25) is 0 Å². The van der Waals surface area contributed by atoms with Gasteiger partial charge in [0.15, 0.2) is 0 Å². The first kappa shape index (κ1) is 18.9. The number of likely N-dealkylation sites (tertiary alicyclic amines) is 2. The molecule has 2 amide bonds. The number of urea groups is 1. The van der Waals surface area contributed by atoms with Crippen LogP contribution in [-0.2, 0) is 0 Å². The van der Waals surface area contributed by atoms with E-state index in [0.717, 1.165) is 31.9 Å². The zero-order chi connectivity index (χ0) is 20.3. The summed E-state index contributed by atoms with van der Waals surface area (Å²) in [5, 5.41) is 3.03. The van der Waals surface area contributed by atoms with Crippen molar-refractivity contribution in [2.45, 2.75) is 12.0 Å². The molecule has 2 aliphatic heterocycles. The second-order valence-electron chi connectivity index (χ2n) is 8.36. The summed E-state index contributed by atoms with van der Waals surface area (Å²) in [6.45, 7) is 3.71. The van der Waals surface area contributed by atoms with E-state index in [1.807, 2.05) is 35.2 Å². The van der Waals surface area contributed by atoms with Crippen LogP contribution in [0.15, 0.2) is 91.0 Å². The van der Waals surface area contributed by atoms with Crippen molar-refractivity contribution >= 4 is 11.7 Å². The largest absolute Gasteiger partial charge is 0.323 e. The highest BCUT2D eigenvalue weighted by Crippen LogP contribution is 2.36. The minimum absolute atomic E-state index is 0.0122. The Morgan fingerprint density at radius 2 is 1.37 bits per heavy atom. The Morgan fingerprint density at radius 1 is 0.800 bits per heavy atom. The molecule has 0 aliphatic carbocycles. The van der Waals surface area contributed by atoms with Crippen molar-refractivity contribution in [2.75, 3.05) is 31.5 Å². The normalized spacial score (nSPS) is 20.6. The van der Waals surface area contributed by atoms with E-state index in [9.17, 15) is 4.79 Å². The van der Waals surface area contributed by atoms with Crippen molar-refractivity contribution in [3.8, 4) is 0 Å². The van der Waals surface area contributed by atoms with Gasteiger partial charge in [0.1, 0.15) is 0 Å². The number of carbonyl (C=O) groups is 1. The summed E-state index contributed by atoms with van der Waals surface area (Å²) in [6, 6.07) is 31.7. The molecule has 2 saturated heterocycles. The standard InChI is InChI=1S/C26H27N3O/c30-26(27-23-14-8-3-9-15-23)29-17-22-16-28(25(22)19-29)18-24(20-10-4-1-5-11-20)21-12-6-2-7-13-21/h1-15,22,24-25H,16-19H2,(H,27,30)/t22-,25-/m0/s1. The first-order valence-corrected chi connectivity index (χ1v) is 10.7. The van der Waals surface area contributed by atoms with Crippen LogP contribution in [0.3, 0.4) is 0 Å². The molecule has 3 aromatic rings. The van der Waals surface area contributed by atoms with E-state index in [2.05, 4.69) is 70.9 Å². The molecular formula is C26H27N3O. The van der Waals surface area contributed by atoms with Crippen molar-refractivity contribution in [3.05, 3.63) is 102 Å². The zero-order valence-electron chi connectivity index (χ0n) is 17.0. The number of nitrogens with one attached hydrogen (secondary N) is 1. The molecule has 0 aromatic heterocycles. The van der Waals surface area contributed by atoms with Crippen LogP contribution in [0.4, 0.5) is 10.5 Å². The maximum Gasteiger partial charge on any atom is 0.321 e. The van der Waals surface area contributed by atoms with Crippen LogP contribution in [0, 0.1) is 5.92 Å². The minimum atomic E-state index is 0.0122. The molecule has 2 atom stereocenters. The lowest BCUT2D eigenvalue weighted by Gasteiger charge is -2.45. The third kappa shape index (κ3) is 3.83. The predicted molar refractivity (Wildman–Crippen MR) is 121 cm³/mol. The molecule has 4 nitrogen and oxygen atoms in total. The SMILES string of the molecule is O=C(Nc1ccccc1)N1C[C@@H]2CN(CC(c3ccccc3)c3ccccc3)[C@H]2C1. The van der Waals surface area contributed by atoms with Gasteiger partial charge in [-0.2, -0.15) is 0 Å². The van der Waals surface area contributed by atoms with E-state index in [1.165, 1.54) is 11.1 Å². The molecule has 2 fully saturated rings. The van der Waals surface area contributed by atoms with Gasteiger partial charge in [0.25, 0.3) is 0 Å². The molecule has 0 radical (unpaired) electrons. The van der Waals surface area contributed by atoms with Crippen LogP contribution < -0.4 is 5.32 Å². The molecule has 30 heavy (non-hydrogen) atoms. The average molecular weight is 398 g/mol. The Labute approximate surface area is 178 Å². The highest BCUT2D eigenvalue weighted by molar-refractivity contribution is 5.89. The summed E-state index contributed by atoms with van der Waals surface area (Å²) in [4.78, 5) is 17.2. The lowest BCUT2D eigenvalue weighted by atomic mass is 9.86. The van der Waals surface area contributed by atoms with Gasteiger partial charge in [-0.15, -0.1) is 0 Å². The zero-order valence-corrected chi connectivity index (χ0v) is 17.0. The van der Waals surface area contributed by atoms with Crippen LogP contribution in [0.25, 0.3) is 0 Å². The van der Waals surface area contributed by atoms with Crippen molar-refractivity contribution in [1.29, 1.82) is 0 Å². The van der Waals surface area contributed by atoms with Gasteiger partial charge in [-0.1, -0.05) is 78.9 Å².